The molecule has 10 heteroatoms. The lowest BCUT2D eigenvalue weighted by molar-refractivity contribution is -0.137. The van der Waals surface area contributed by atoms with E-state index in [-0.39, 0.29) is 17.1 Å². The van der Waals surface area contributed by atoms with E-state index in [1.807, 2.05) is 0 Å². The molecule has 7 nitrogen and oxygen atoms in total. The molecule has 0 aliphatic rings. The molecule has 1 amide bonds. The van der Waals surface area contributed by atoms with Crippen LogP contribution in [0.3, 0.4) is 0 Å². The lowest BCUT2D eigenvalue weighted by Crippen LogP contribution is -2.16. The van der Waals surface area contributed by atoms with Crippen molar-refractivity contribution in [2.45, 2.75) is 13.1 Å². The van der Waals surface area contributed by atoms with Gasteiger partial charge in [0.25, 0.3) is 5.91 Å². The van der Waals surface area contributed by atoms with Crippen LogP contribution in [-0.4, -0.2) is 21.2 Å². The highest BCUT2D eigenvalue weighted by atomic mass is 19.4. The molecule has 2 heterocycles. The first kappa shape index (κ1) is 17.0. The van der Waals surface area contributed by atoms with Crippen LogP contribution in [0, 0.1) is 18.3 Å². The zero-order valence-electron chi connectivity index (χ0n) is 12.0. The van der Waals surface area contributed by atoms with E-state index in [1.54, 1.807) is 0 Å². The van der Waals surface area contributed by atoms with Gasteiger partial charge in [0.1, 0.15) is 17.6 Å². The molecular formula is C14H9F3N4O3. The Balaban J connectivity index is 2.25. The monoisotopic (exact) mass is 338 g/mol. The summed E-state index contributed by atoms with van der Waals surface area (Å²) in [5.74, 6) is -1.74. The van der Waals surface area contributed by atoms with Gasteiger partial charge in [-0.2, -0.15) is 18.4 Å². The zero-order chi connectivity index (χ0) is 17.9. The van der Waals surface area contributed by atoms with E-state index in [0.29, 0.717) is 6.20 Å². The third-order valence-electron chi connectivity index (χ3n) is 2.91. The highest BCUT2D eigenvalue weighted by Gasteiger charge is 2.30. The van der Waals surface area contributed by atoms with Gasteiger partial charge in [0.05, 0.1) is 17.3 Å². The van der Waals surface area contributed by atoms with E-state index < -0.39 is 29.0 Å². The summed E-state index contributed by atoms with van der Waals surface area (Å²) in [6.45, 7) is 1.46. The van der Waals surface area contributed by atoms with E-state index in [2.05, 4.69) is 15.5 Å². The number of carbonyl (C=O) groups is 1. The van der Waals surface area contributed by atoms with Gasteiger partial charge >= 0.3 is 6.18 Å². The van der Waals surface area contributed by atoms with Crippen molar-refractivity contribution in [3.05, 3.63) is 47.0 Å². The van der Waals surface area contributed by atoms with Gasteiger partial charge in [-0.15, -0.1) is 0 Å². The molecular weight excluding hydrogens is 329 g/mol. The van der Waals surface area contributed by atoms with E-state index in [4.69, 9.17) is 9.78 Å². The molecule has 0 aliphatic carbocycles. The van der Waals surface area contributed by atoms with E-state index in [0.717, 1.165) is 18.3 Å². The lowest BCUT2D eigenvalue weighted by Gasteiger charge is -2.08. The van der Waals surface area contributed by atoms with Crippen molar-refractivity contribution in [1.82, 2.24) is 10.1 Å². The summed E-state index contributed by atoms with van der Waals surface area (Å²) in [5, 5.41) is 24.5. The number of hydrogen-bond acceptors (Lipinski definition) is 6. The summed E-state index contributed by atoms with van der Waals surface area (Å²) < 4.78 is 42.0. The second kappa shape index (κ2) is 6.41. The largest absolute Gasteiger partial charge is 0.506 e. The van der Waals surface area contributed by atoms with Crippen LogP contribution in [0.4, 0.5) is 19.0 Å². The molecule has 0 saturated heterocycles. The number of halogens is 3. The Morgan fingerprint density at radius 1 is 1.38 bits per heavy atom. The Morgan fingerprint density at radius 2 is 2.08 bits per heavy atom. The second-order valence-corrected chi connectivity index (χ2v) is 4.52. The van der Waals surface area contributed by atoms with Crippen LogP contribution in [0.2, 0.25) is 0 Å². The van der Waals surface area contributed by atoms with E-state index >= 15 is 0 Å². The van der Waals surface area contributed by atoms with E-state index in [1.165, 1.54) is 13.0 Å². The average Bonchev–Trinajstić information content (AvgIpc) is 2.93. The summed E-state index contributed by atoms with van der Waals surface area (Å²) in [7, 11) is 0. The number of amides is 1. The molecule has 0 saturated carbocycles. The van der Waals surface area contributed by atoms with Gasteiger partial charge in [0, 0.05) is 6.20 Å². The number of pyridine rings is 1. The number of aliphatic hydroxyl groups is 1. The van der Waals surface area contributed by atoms with Crippen molar-refractivity contribution < 1.29 is 27.6 Å². The average molecular weight is 338 g/mol. The molecule has 0 unspecified atom stereocenters. The molecule has 2 aromatic rings. The summed E-state index contributed by atoms with van der Waals surface area (Å²) in [6, 6.07) is 3.17. The SMILES string of the molecule is Cc1oncc1/C(O)=C(\C#N)C(=O)Nc1ccc(C(F)(F)F)cn1. The maximum atomic E-state index is 12.4. The number of nitriles is 1. The standard InChI is InChI=1S/C14H9F3N4O3/c1-7-10(6-20-24-7)12(22)9(4-18)13(23)21-11-3-2-8(5-19-11)14(15,16)17/h2-3,5-6,22H,1H3,(H,19,21,23)/b12-9-. The van der Waals surface area contributed by atoms with Crippen molar-refractivity contribution >= 4 is 17.5 Å². The van der Waals surface area contributed by atoms with Crippen LogP contribution in [0.1, 0.15) is 16.9 Å². The van der Waals surface area contributed by atoms with Gasteiger partial charge in [0.2, 0.25) is 0 Å². The Hall–Kier alpha value is -3.35. The minimum atomic E-state index is -4.56. The Kier molecular flexibility index (Phi) is 4.54. The normalized spacial score (nSPS) is 12.3. The number of aliphatic hydroxyl groups excluding tert-OH is 1. The first-order chi connectivity index (χ1) is 11.2. The minimum absolute atomic E-state index is 0.0436. The molecule has 0 aliphatic heterocycles. The first-order valence-corrected chi connectivity index (χ1v) is 6.33. The first-order valence-electron chi connectivity index (χ1n) is 6.33. The number of aromatic nitrogens is 2. The van der Waals surface area contributed by atoms with Gasteiger partial charge < -0.3 is 14.9 Å². The molecule has 0 fully saturated rings. The molecule has 0 aromatic carbocycles. The third kappa shape index (κ3) is 3.52. The van der Waals surface area contributed by atoms with Crippen LogP contribution in [0.5, 0.6) is 0 Å². The molecule has 2 rings (SSSR count). The molecule has 24 heavy (non-hydrogen) atoms. The number of anilines is 1. The number of nitrogens with one attached hydrogen (secondary N) is 1. The van der Waals surface area contributed by atoms with Crippen molar-refractivity contribution in [2.75, 3.05) is 5.32 Å². The fraction of sp³-hybridized carbons (Fsp3) is 0.143. The van der Waals surface area contributed by atoms with Gasteiger partial charge in [0.15, 0.2) is 11.3 Å². The summed E-state index contributed by atoms with van der Waals surface area (Å²) >= 11 is 0. The van der Waals surface area contributed by atoms with Crippen LogP contribution in [0.15, 0.2) is 34.6 Å². The quantitative estimate of drug-likeness (QED) is 0.505. The van der Waals surface area contributed by atoms with Crippen molar-refractivity contribution in [3.63, 3.8) is 0 Å². The van der Waals surface area contributed by atoms with Gasteiger partial charge in [-0.1, -0.05) is 5.16 Å². The summed E-state index contributed by atoms with van der Waals surface area (Å²) in [6.07, 6.45) is -2.90. The number of aryl methyl sites for hydroxylation is 1. The highest BCUT2D eigenvalue weighted by Crippen LogP contribution is 2.29. The Labute approximate surface area is 133 Å². The van der Waals surface area contributed by atoms with Gasteiger partial charge in [-0.25, -0.2) is 4.98 Å². The van der Waals surface area contributed by atoms with E-state index in [9.17, 15) is 23.1 Å². The molecule has 0 atom stereocenters. The maximum absolute atomic E-state index is 12.4. The van der Waals surface area contributed by atoms with Crippen molar-refractivity contribution in [3.8, 4) is 6.07 Å². The summed E-state index contributed by atoms with van der Waals surface area (Å²) in [5.41, 5.74) is -1.61. The van der Waals surface area contributed by atoms with Crippen LogP contribution >= 0.6 is 0 Å². The third-order valence-corrected chi connectivity index (χ3v) is 2.91. The molecule has 0 bridgehead atoms. The minimum Gasteiger partial charge on any atom is -0.506 e. The predicted octanol–water partition coefficient (Wildman–Crippen LogP) is 2.83. The highest BCUT2D eigenvalue weighted by molar-refractivity contribution is 6.10. The maximum Gasteiger partial charge on any atom is 0.417 e. The number of nitrogens with zero attached hydrogens (tertiary/aromatic N) is 3. The number of hydrogen-bond donors (Lipinski definition) is 2. The Bertz CT molecular complexity index is 832. The fourth-order valence-electron chi connectivity index (χ4n) is 1.69. The number of carbonyl (C=O) groups excluding carboxylic acids is 1. The molecule has 2 aromatic heterocycles. The van der Waals surface area contributed by atoms with Crippen LogP contribution in [-0.2, 0) is 11.0 Å². The van der Waals surface area contributed by atoms with Crippen LogP contribution < -0.4 is 5.32 Å². The van der Waals surface area contributed by atoms with Gasteiger partial charge in [-0.05, 0) is 19.1 Å². The van der Waals surface area contributed by atoms with Gasteiger partial charge in [-0.3, -0.25) is 4.79 Å². The number of alkyl halides is 3. The number of rotatable bonds is 3. The van der Waals surface area contributed by atoms with Crippen molar-refractivity contribution in [1.29, 1.82) is 5.26 Å². The molecule has 0 radical (unpaired) electrons. The molecule has 124 valence electrons. The topological polar surface area (TPSA) is 112 Å². The fourth-order valence-corrected chi connectivity index (χ4v) is 1.69. The van der Waals surface area contributed by atoms with Crippen LogP contribution in [0.25, 0.3) is 5.76 Å². The molecule has 0 spiro atoms. The smallest absolute Gasteiger partial charge is 0.417 e. The summed E-state index contributed by atoms with van der Waals surface area (Å²) in [4.78, 5) is 15.5. The molecule has 2 N–H and O–H groups in total. The second-order valence-electron chi connectivity index (χ2n) is 4.52. The van der Waals surface area contributed by atoms with Crippen molar-refractivity contribution in [2.24, 2.45) is 0 Å². The Morgan fingerprint density at radius 3 is 2.54 bits per heavy atom. The lowest BCUT2D eigenvalue weighted by atomic mass is 10.1. The predicted molar refractivity (Wildman–Crippen MR) is 74.3 cm³/mol. The zero-order valence-corrected chi connectivity index (χ0v) is 12.0.